The van der Waals surface area contributed by atoms with Crippen molar-refractivity contribution in [2.45, 2.75) is 65.0 Å². The summed E-state index contributed by atoms with van der Waals surface area (Å²) in [6.07, 6.45) is 4.08. The van der Waals surface area contributed by atoms with E-state index in [1.807, 2.05) is 0 Å². The van der Waals surface area contributed by atoms with Crippen LogP contribution in [0, 0.1) is 17.2 Å². The Hall–Kier alpha value is -2.44. The minimum absolute atomic E-state index is 0.214. The largest absolute Gasteiger partial charge is 0.340 e. The van der Waals surface area contributed by atoms with Crippen LogP contribution in [-0.4, -0.2) is 46.8 Å². The summed E-state index contributed by atoms with van der Waals surface area (Å²) in [7, 11) is 1.61. The molecule has 0 radical (unpaired) electrons. The number of benzene rings is 1. The molecule has 4 amide bonds. The molecule has 164 valence electrons. The van der Waals surface area contributed by atoms with Gasteiger partial charge in [0.05, 0.1) is 0 Å². The molecule has 1 aromatic rings. The average Bonchev–Trinajstić information content (AvgIpc) is 2.94. The van der Waals surface area contributed by atoms with Gasteiger partial charge in [0, 0.05) is 13.6 Å². The zero-order chi connectivity index (χ0) is 22.1. The second-order valence-electron chi connectivity index (χ2n) is 9.40. The molecule has 30 heavy (non-hydrogen) atoms. The van der Waals surface area contributed by atoms with Gasteiger partial charge >= 0.3 is 6.03 Å². The second kappa shape index (κ2) is 8.36. The van der Waals surface area contributed by atoms with Crippen molar-refractivity contribution in [3.63, 3.8) is 0 Å². The number of urea groups is 1. The fraction of sp³-hybridized carbons (Fsp3) is 0.609. The third kappa shape index (κ3) is 4.35. The molecule has 0 aromatic heterocycles. The lowest BCUT2D eigenvalue weighted by Crippen LogP contribution is -2.51. The molecule has 1 aliphatic carbocycles. The summed E-state index contributed by atoms with van der Waals surface area (Å²) in [6.45, 7) is 6.69. The molecule has 1 N–H and O–H groups in total. The Morgan fingerprint density at radius 3 is 2.40 bits per heavy atom. The molecule has 0 atom stereocenters. The van der Waals surface area contributed by atoms with E-state index in [1.54, 1.807) is 19.2 Å². The lowest BCUT2D eigenvalue weighted by Gasteiger charge is -2.42. The summed E-state index contributed by atoms with van der Waals surface area (Å²) in [5, 5.41) is 2.88. The molecule has 1 aliphatic heterocycles. The lowest BCUT2D eigenvalue weighted by atomic mass is 9.65. The number of halogens is 1. The van der Waals surface area contributed by atoms with Gasteiger partial charge in [-0.1, -0.05) is 39.3 Å². The second-order valence-corrected chi connectivity index (χ2v) is 9.40. The van der Waals surface area contributed by atoms with E-state index in [2.05, 4.69) is 26.1 Å². The van der Waals surface area contributed by atoms with E-state index in [4.69, 9.17) is 0 Å². The van der Waals surface area contributed by atoms with Gasteiger partial charge in [0.1, 0.15) is 17.9 Å². The van der Waals surface area contributed by atoms with Gasteiger partial charge in [0.15, 0.2) is 0 Å². The van der Waals surface area contributed by atoms with Crippen LogP contribution in [0.1, 0.15) is 58.4 Å². The van der Waals surface area contributed by atoms with Gasteiger partial charge in [-0.2, -0.15) is 0 Å². The van der Waals surface area contributed by atoms with Crippen molar-refractivity contribution in [2.24, 2.45) is 11.3 Å². The predicted molar refractivity (Wildman–Crippen MR) is 112 cm³/mol. The summed E-state index contributed by atoms with van der Waals surface area (Å²) >= 11 is 0. The van der Waals surface area contributed by atoms with Crippen LogP contribution in [0.3, 0.4) is 0 Å². The van der Waals surface area contributed by atoms with Crippen LogP contribution < -0.4 is 5.32 Å². The SMILES string of the molecule is CCC(C)(C)C1CCC2(CC1)NC(=O)N(CC(=O)N(C)Cc1ccc(F)cc1)C2=O. The third-order valence-corrected chi connectivity index (χ3v) is 7.15. The minimum atomic E-state index is -0.868. The fourth-order valence-electron chi connectivity index (χ4n) is 4.55. The normalized spacial score (nSPS) is 24.3. The first-order valence-corrected chi connectivity index (χ1v) is 10.7. The minimum Gasteiger partial charge on any atom is -0.340 e. The summed E-state index contributed by atoms with van der Waals surface area (Å²) in [5.74, 6) is -0.436. The summed E-state index contributed by atoms with van der Waals surface area (Å²) in [6, 6.07) is 5.41. The van der Waals surface area contributed by atoms with Gasteiger partial charge in [0.25, 0.3) is 5.91 Å². The number of imide groups is 1. The highest BCUT2D eigenvalue weighted by Gasteiger charge is 2.53. The number of nitrogens with one attached hydrogen (secondary N) is 1. The van der Waals surface area contributed by atoms with Gasteiger partial charge in [-0.05, 0) is 54.7 Å². The highest BCUT2D eigenvalue weighted by molar-refractivity contribution is 6.09. The van der Waals surface area contributed by atoms with Gasteiger partial charge in [-0.25, -0.2) is 9.18 Å². The van der Waals surface area contributed by atoms with Gasteiger partial charge in [-0.15, -0.1) is 0 Å². The maximum atomic E-state index is 13.1. The number of hydrogen-bond donors (Lipinski definition) is 1. The highest BCUT2D eigenvalue weighted by atomic mass is 19.1. The number of amides is 4. The number of carbonyl (C=O) groups excluding carboxylic acids is 3. The standard InChI is InChI=1S/C23H32FN3O3/c1-5-22(2,3)17-10-12-23(13-11-17)20(29)27(21(30)25-23)15-19(28)26(4)14-16-6-8-18(24)9-7-16/h6-9,17H,5,10-15H2,1-4H3,(H,25,30). The maximum Gasteiger partial charge on any atom is 0.325 e. The maximum absolute atomic E-state index is 13.1. The smallest absolute Gasteiger partial charge is 0.325 e. The van der Waals surface area contributed by atoms with E-state index < -0.39 is 11.6 Å². The molecule has 7 heteroatoms. The van der Waals surface area contributed by atoms with Crippen LogP contribution in [0.15, 0.2) is 24.3 Å². The molecule has 1 aromatic carbocycles. The molecule has 2 aliphatic rings. The van der Waals surface area contributed by atoms with Crippen LogP contribution in [-0.2, 0) is 16.1 Å². The van der Waals surface area contributed by atoms with Crippen LogP contribution in [0.5, 0.6) is 0 Å². The van der Waals surface area contributed by atoms with Crippen LogP contribution in [0.25, 0.3) is 0 Å². The Kier molecular flexibility index (Phi) is 6.20. The van der Waals surface area contributed by atoms with E-state index in [9.17, 15) is 18.8 Å². The molecular weight excluding hydrogens is 385 g/mol. The predicted octanol–water partition coefficient (Wildman–Crippen LogP) is 3.70. The number of rotatable bonds is 6. The fourth-order valence-corrected chi connectivity index (χ4v) is 4.55. The van der Waals surface area contributed by atoms with Gasteiger partial charge in [-0.3, -0.25) is 14.5 Å². The van der Waals surface area contributed by atoms with E-state index in [1.165, 1.54) is 17.0 Å². The molecule has 1 saturated heterocycles. The van der Waals surface area contributed by atoms with Gasteiger partial charge in [0.2, 0.25) is 5.91 Å². The molecule has 2 fully saturated rings. The van der Waals surface area contributed by atoms with Crippen LogP contribution >= 0.6 is 0 Å². The van der Waals surface area contributed by atoms with Crippen molar-refractivity contribution in [3.8, 4) is 0 Å². The van der Waals surface area contributed by atoms with Crippen molar-refractivity contribution < 1.29 is 18.8 Å². The number of nitrogens with zero attached hydrogens (tertiary/aromatic N) is 2. The highest BCUT2D eigenvalue weighted by Crippen LogP contribution is 2.45. The first kappa shape index (κ1) is 22.2. The molecule has 1 heterocycles. The van der Waals surface area contributed by atoms with E-state index >= 15 is 0 Å². The van der Waals surface area contributed by atoms with E-state index in [0.29, 0.717) is 18.8 Å². The summed E-state index contributed by atoms with van der Waals surface area (Å²) in [5.41, 5.74) is 0.122. The Labute approximate surface area is 177 Å². The lowest BCUT2D eigenvalue weighted by molar-refractivity contribution is -0.139. The van der Waals surface area contributed by atoms with E-state index in [0.717, 1.165) is 29.7 Å². The zero-order valence-electron chi connectivity index (χ0n) is 18.3. The molecule has 0 unspecified atom stereocenters. The first-order chi connectivity index (χ1) is 14.1. The number of hydrogen-bond acceptors (Lipinski definition) is 3. The van der Waals surface area contributed by atoms with E-state index in [-0.39, 0.29) is 36.1 Å². The monoisotopic (exact) mass is 417 g/mol. The molecule has 3 rings (SSSR count). The van der Waals surface area contributed by atoms with Crippen molar-refractivity contribution in [1.29, 1.82) is 0 Å². The van der Waals surface area contributed by atoms with Gasteiger partial charge < -0.3 is 10.2 Å². The van der Waals surface area contributed by atoms with Crippen molar-refractivity contribution >= 4 is 17.8 Å². The van der Waals surface area contributed by atoms with Crippen molar-refractivity contribution in [1.82, 2.24) is 15.1 Å². The third-order valence-electron chi connectivity index (χ3n) is 7.15. The number of likely N-dealkylation sites (N-methyl/N-ethyl adjacent to an activating group) is 1. The molecule has 6 nitrogen and oxygen atoms in total. The van der Waals surface area contributed by atoms with Crippen LogP contribution in [0.4, 0.5) is 9.18 Å². The Morgan fingerprint density at radius 1 is 1.23 bits per heavy atom. The van der Waals surface area contributed by atoms with Crippen molar-refractivity contribution in [2.75, 3.05) is 13.6 Å². The zero-order valence-corrected chi connectivity index (χ0v) is 18.3. The Bertz CT molecular complexity index is 813. The molecule has 1 saturated carbocycles. The summed E-state index contributed by atoms with van der Waals surface area (Å²) in [4.78, 5) is 40.8. The molecule has 0 bridgehead atoms. The average molecular weight is 418 g/mol. The molecule has 1 spiro atoms. The molecular formula is C23H32FN3O3. The quantitative estimate of drug-likeness (QED) is 0.718. The Morgan fingerprint density at radius 2 is 1.83 bits per heavy atom. The topological polar surface area (TPSA) is 69.7 Å². The van der Waals surface area contributed by atoms with Crippen molar-refractivity contribution in [3.05, 3.63) is 35.6 Å². The summed E-state index contributed by atoms with van der Waals surface area (Å²) < 4.78 is 13.1. The number of carbonyl (C=O) groups is 3. The van der Waals surface area contributed by atoms with Crippen LogP contribution in [0.2, 0.25) is 0 Å². The Balaban J connectivity index is 1.61. The first-order valence-electron chi connectivity index (χ1n) is 10.7.